The van der Waals surface area contributed by atoms with E-state index in [9.17, 15) is 14.4 Å². The Morgan fingerprint density at radius 3 is 0.690 bits per heavy atom. The number of ether oxygens (including phenoxy) is 3. The maximum Gasteiger partial charge on any atom is 0.306 e. The summed E-state index contributed by atoms with van der Waals surface area (Å²) < 4.78 is 17.0. The van der Waals surface area contributed by atoms with Gasteiger partial charge in [-0.1, -0.05) is 336 Å². The zero-order valence-electron chi connectivity index (χ0n) is 48.7. The van der Waals surface area contributed by atoms with Gasteiger partial charge < -0.3 is 14.2 Å². The molecule has 0 radical (unpaired) electrons. The average molecular weight is 1000 g/mol. The second kappa shape index (κ2) is 59.3. The van der Waals surface area contributed by atoms with Crippen LogP contribution in [-0.4, -0.2) is 37.2 Å². The van der Waals surface area contributed by atoms with Crippen molar-refractivity contribution in [3.8, 4) is 0 Å². The summed E-state index contributed by atoms with van der Waals surface area (Å²) in [5.41, 5.74) is 0. The van der Waals surface area contributed by atoms with Gasteiger partial charge >= 0.3 is 17.9 Å². The first-order valence-corrected chi connectivity index (χ1v) is 32.4. The van der Waals surface area contributed by atoms with Gasteiger partial charge in [-0.05, 0) is 25.2 Å². The van der Waals surface area contributed by atoms with E-state index in [4.69, 9.17) is 14.2 Å². The molecule has 0 aliphatic carbocycles. The van der Waals surface area contributed by atoms with E-state index in [0.29, 0.717) is 19.3 Å². The molecule has 6 nitrogen and oxygen atoms in total. The Morgan fingerprint density at radius 1 is 0.268 bits per heavy atom. The second-order valence-electron chi connectivity index (χ2n) is 22.9. The zero-order valence-corrected chi connectivity index (χ0v) is 48.7. The number of carbonyl (C=O) groups excluding carboxylic acids is 3. The van der Waals surface area contributed by atoms with Gasteiger partial charge in [0.25, 0.3) is 0 Å². The van der Waals surface area contributed by atoms with Crippen LogP contribution < -0.4 is 0 Å². The van der Waals surface area contributed by atoms with E-state index >= 15 is 0 Å². The summed E-state index contributed by atoms with van der Waals surface area (Å²) >= 11 is 0. The van der Waals surface area contributed by atoms with Gasteiger partial charge in [0.05, 0.1) is 0 Å². The van der Waals surface area contributed by atoms with Crippen LogP contribution >= 0.6 is 0 Å². The van der Waals surface area contributed by atoms with E-state index in [-0.39, 0.29) is 31.1 Å². The van der Waals surface area contributed by atoms with Crippen molar-refractivity contribution in [3.63, 3.8) is 0 Å². The fourth-order valence-corrected chi connectivity index (χ4v) is 10.2. The van der Waals surface area contributed by atoms with Crippen molar-refractivity contribution in [1.82, 2.24) is 0 Å². The fraction of sp³-hybridized carbons (Fsp3) is 0.954. The van der Waals surface area contributed by atoms with E-state index in [2.05, 4.69) is 27.7 Å². The Morgan fingerprint density at radius 2 is 0.465 bits per heavy atom. The van der Waals surface area contributed by atoms with Crippen molar-refractivity contribution < 1.29 is 28.6 Å². The Kier molecular flexibility index (Phi) is 58.0. The third kappa shape index (κ3) is 59.2. The summed E-state index contributed by atoms with van der Waals surface area (Å²) in [5, 5.41) is 0. The van der Waals surface area contributed by atoms with Crippen LogP contribution in [0.3, 0.4) is 0 Å². The predicted octanol–water partition coefficient (Wildman–Crippen LogP) is 21.7. The van der Waals surface area contributed by atoms with Crippen molar-refractivity contribution in [1.29, 1.82) is 0 Å². The molecule has 0 spiro atoms. The monoisotopic (exact) mass is 1000 g/mol. The summed E-state index contributed by atoms with van der Waals surface area (Å²) in [6.07, 6.45) is 66.8. The molecule has 0 N–H and O–H groups in total. The first-order chi connectivity index (χ1) is 34.9. The lowest BCUT2D eigenvalue weighted by Crippen LogP contribution is -2.30. The highest BCUT2D eigenvalue weighted by Gasteiger charge is 2.19. The standard InChI is InChI=1S/C65H126O6/c1-5-7-9-11-13-15-17-19-21-23-24-25-29-34-38-42-46-50-54-58-65(68)71-62(59-69-63(66)56-52-48-44-40-36-32-28-22-20-18-16-14-12-10-8-6-2)60-70-64(67)57-53-49-45-41-37-33-30-26-27-31-35-39-43-47-51-55-61(3)4/h61-62H,5-60H2,1-4H3/t62-/m0/s1. The highest BCUT2D eigenvalue weighted by Crippen LogP contribution is 2.19. The van der Waals surface area contributed by atoms with Gasteiger partial charge in [0.15, 0.2) is 6.10 Å². The van der Waals surface area contributed by atoms with Crippen molar-refractivity contribution in [3.05, 3.63) is 0 Å². The number of rotatable bonds is 60. The molecule has 0 aliphatic heterocycles. The summed E-state index contributed by atoms with van der Waals surface area (Å²) in [4.78, 5) is 38.3. The van der Waals surface area contributed by atoms with Crippen LogP contribution in [0.15, 0.2) is 0 Å². The molecule has 6 heteroatoms. The SMILES string of the molecule is CCCCCCCCCCCCCCCCCCCCCC(=O)O[C@@H](COC(=O)CCCCCCCCCCCCCCCCCC)COC(=O)CCCCCCCCCCCCCCCCCC(C)C. The number of carbonyl (C=O) groups is 3. The molecular weight excluding hydrogens is 877 g/mol. The fourth-order valence-electron chi connectivity index (χ4n) is 10.2. The highest BCUT2D eigenvalue weighted by atomic mass is 16.6. The number of esters is 3. The van der Waals surface area contributed by atoms with Crippen LogP contribution in [0.25, 0.3) is 0 Å². The number of unbranched alkanes of at least 4 members (excludes halogenated alkanes) is 47. The van der Waals surface area contributed by atoms with Crippen LogP contribution in [0, 0.1) is 5.92 Å². The molecule has 0 aromatic heterocycles. The maximum absolute atomic E-state index is 12.9. The third-order valence-electron chi connectivity index (χ3n) is 15.0. The lowest BCUT2D eigenvalue weighted by Gasteiger charge is -2.18. The van der Waals surface area contributed by atoms with E-state index in [1.165, 1.54) is 270 Å². The highest BCUT2D eigenvalue weighted by molar-refractivity contribution is 5.71. The third-order valence-corrected chi connectivity index (χ3v) is 15.0. The van der Waals surface area contributed by atoms with E-state index < -0.39 is 6.10 Å². The van der Waals surface area contributed by atoms with Gasteiger partial charge in [0.2, 0.25) is 0 Å². The van der Waals surface area contributed by atoms with E-state index in [1.807, 2.05) is 0 Å². The van der Waals surface area contributed by atoms with Gasteiger partial charge in [0, 0.05) is 19.3 Å². The van der Waals surface area contributed by atoms with Crippen LogP contribution in [0.1, 0.15) is 374 Å². The van der Waals surface area contributed by atoms with Crippen molar-refractivity contribution >= 4 is 17.9 Å². The molecule has 0 amide bonds. The quantitative estimate of drug-likeness (QED) is 0.0343. The predicted molar refractivity (Wildman–Crippen MR) is 307 cm³/mol. The van der Waals surface area contributed by atoms with Crippen molar-refractivity contribution in [2.24, 2.45) is 5.92 Å². The summed E-state index contributed by atoms with van der Waals surface area (Å²) in [7, 11) is 0. The Hall–Kier alpha value is -1.59. The molecule has 0 aliphatic rings. The van der Waals surface area contributed by atoms with Gasteiger partial charge in [-0.2, -0.15) is 0 Å². The molecule has 0 aromatic rings. The van der Waals surface area contributed by atoms with Gasteiger partial charge in [-0.3, -0.25) is 14.4 Å². The molecule has 0 fully saturated rings. The Balaban J connectivity index is 4.28. The Labute approximate surface area is 444 Å². The minimum Gasteiger partial charge on any atom is -0.462 e. The molecule has 0 unspecified atom stereocenters. The normalized spacial score (nSPS) is 12.0. The van der Waals surface area contributed by atoms with Crippen molar-refractivity contribution in [2.75, 3.05) is 13.2 Å². The first-order valence-electron chi connectivity index (χ1n) is 32.4. The number of hydrogen-bond donors (Lipinski definition) is 0. The number of hydrogen-bond acceptors (Lipinski definition) is 6. The molecule has 0 heterocycles. The van der Waals surface area contributed by atoms with Crippen LogP contribution in [-0.2, 0) is 28.6 Å². The molecule has 0 bridgehead atoms. The van der Waals surface area contributed by atoms with Gasteiger partial charge in [-0.15, -0.1) is 0 Å². The van der Waals surface area contributed by atoms with E-state index in [1.54, 1.807) is 0 Å². The van der Waals surface area contributed by atoms with Crippen LogP contribution in [0.2, 0.25) is 0 Å². The average Bonchev–Trinajstić information content (AvgIpc) is 3.36. The molecule has 422 valence electrons. The summed E-state index contributed by atoms with van der Waals surface area (Å²) in [6, 6.07) is 0. The maximum atomic E-state index is 12.9. The molecule has 0 saturated carbocycles. The second-order valence-corrected chi connectivity index (χ2v) is 22.9. The topological polar surface area (TPSA) is 78.9 Å². The molecular formula is C65H126O6. The molecule has 0 rings (SSSR count). The summed E-state index contributed by atoms with van der Waals surface area (Å²) in [6.45, 7) is 9.10. The van der Waals surface area contributed by atoms with Gasteiger partial charge in [-0.25, -0.2) is 0 Å². The smallest absolute Gasteiger partial charge is 0.306 e. The Bertz CT molecular complexity index is 1070. The van der Waals surface area contributed by atoms with Crippen molar-refractivity contribution in [2.45, 2.75) is 381 Å². The first kappa shape index (κ1) is 69.4. The molecule has 0 saturated heterocycles. The largest absolute Gasteiger partial charge is 0.462 e. The molecule has 1 atom stereocenters. The summed E-state index contributed by atoms with van der Waals surface area (Å²) in [5.74, 6) is 0.0230. The molecule has 0 aromatic carbocycles. The van der Waals surface area contributed by atoms with Crippen LogP contribution in [0.5, 0.6) is 0 Å². The van der Waals surface area contributed by atoms with Gasteiger partial charge in [0.1, 0.15) is 13.2 Å². The van der Waals surface area contributed by atoms with Crippen LogP contribution in [0.4, 0.5) is 0 Å². The lowest BCUT2D eigenvalue weighted by atomic mass is 10.0. The minimum atomic E-state index is -0.763. The zero-order chi connectivity index (χ0) is 51.6. The molecule has 71 heavy (non-hydrogen) atoms. The lowest BCUT2D eigenvalue weighted by molar-refractivity contribution is -0.167. The van der Waals surface area contributed by atoms with E-state index in [0.717, 1.165) is 63.7 Å². The minimum absolute atomic E-state index is 0.0610.